The number of amides is 1. The molecule has 0 N–H and O–H groups in total. The standard InChI is InChI=1S/C18H14Cl2N2O3S/c1-11-15(17(21-25-11)16-13(19)9-6-10-14(16)20)18(23)22-26(2,24)12-7-4-3-5-8-12/h3-10H,1-2H3/t26-/m1/s1. The summed E-state index contributed by atoms with van der Waals surface area (Å²) in [6.45, 7) is 1.57. The zero-order valence-corrected chi connectivity index (χ0v) is 16.2. The second kappa shape index (κ2) is 7.23. The Morgan fingerprint density at radius 1 is 1.08 bits per heavy atom. The fourth-order valence-electron chi connectivity index (χ4n) is 2.45. The van der Waals surface area contributed by atoms with E-state index in [0.717, 1.165) is 0 Å². The number of nitrogens with zero attached hydrogens (tertiary/aromatic N) is 2. The van der Waals surface area contributed by atoms with Gasteiger partial charge in [-0.05, 0) is 31.2 Å². The van der Waals surface area contributed by atoms with E-state index in [9.17, 15) is 9.00 Å². The van der Waals surface area contributed by atoms with Crippen LogP contribution in [0.4, 0.5) is 0 Å². The van der Waals surface area contributed by atoms with Gasteiger partial charge in [0.1, 0.15) is 17.0 Å². The van der Waals surface area contributed by atoms with Crippen molar-refractivity contribution >= 4 is 38.8 Å². The molecular weight excluding hydrogens is 395 g/mol. The number of hydrogen-bond acceptors (Lipinski definition) is 4. The summed E-state index contributed by atoms with van der Waals surface area (Å²) in [6, 6.07) is 13.5. The monoisotopic (exact) mass is 408 g/mol. The van der Waals surface area contributed by atoms with E-state index >= 15 is 0 Å². The molecular formula is C18H14Cl2N2O3S. The molecule has 3 rings (SSSR count). The van der Waals surface area contributed by atoms with Crippen LogP contribution < -0.4 is 0 Å². The molecule has 1 atom stereocenters. The van der Waals surface area contributed by atoms with Gasteiger partial charge < -0.3 is 4.52 Å². The minimum Gasteiger partial charge on any atom is -0.360 e. The number of hydrogen-bond donors (Lipinski definition) is 0. The van der Waals surface area contributed by atoms with Gasteiger partial charge >= 0.3 is 0 Å². The van der Waals surface area contributed by atoms with Crippen LogP contribution in [0.1, 0.15) is 16.1 Å². The summed E-state index contributed by atoms with van der Waals surface area (Å²) in [7, 11) is -2.93. The van der Waals surface area contributed by atoms with Gasteiger partial charge in [0.25, 0.3) is 5.91 Å². The fourth-order valence-corrected chi connectivity index (χ4v) is 4.20. The molecule has 8 heteroatoms. The molecule has 1 heterocycles. The van der Waals surface area contributed by atoms with E-state index in [4.69, 9.17) is 27.7 Å². The number of aromatic nitrogens is 1. The van der Waals surface area contributed by atoms with E-state index in [1.54, 1.807) is 55.5 Å². The molecule has 3 aromatic rings. The zero-order valence-electron chi connectivity index (χ0n) is 13.9. The van der Waals surface area contributed by atoms with Crippen molar-refractivity contribution in [3.8, 4) is 11.3 Å². The maximum atomic E-state index is 12.9. The van der Waals surface area contributed by atoms with Crippen LogP contribution in [0.3, 0.4) is 0 Å². The van der Waals surface area contributed by atoms with Gasteiger partial charge in [-0.15, -0.1) is 0 Å². The highest BCUT2D eigenvalue weighted by molar-refractivity contribution is 7.93. The molecule has 0 spiro atoms. The number of carbonyl (C=O) groups excluding carboxylic acids is 1. The highest BCUT2D eigenvalue weighted by Gasteiger charge is 2.25. The molecule has 0 aliphatic carbocycles. The van der Waals surface area contributed by atoms with Crippen LogP contribution in [-0.4, -0.2) is 21.5 Å². The van der Waals surface area contributed by atoms with Crippen LogP contribution in [0, 0.1) is 6.92 Å². The van der Waals surface area contributed by atoms with Gasteiger partial charge in [-0.3, -0.25) is 4.79 Å². The van der Waals surface area contributed by atoms with Crippen LogP contribution in [0.15, 0.2) is 62.3 Å². The zero-order chi connectivity index (χ0) is 18.9. The SMILES string of the molecule is Cc1onc(-c2c(Cl)cccc2Cl)c1C(=O)N=[S@](C)(=O)c1ccccc1. The Morgan fingerprint density at radius 2 is 1.69 bits per heavy atom. The largest absolute Gasteiger partial charge is 0.360 e. The maximum Gasteiger partial charge on any atom is 0.291 e. The van der Waals surface area contributed by atoms with Gasteiger partial charge in [0.15, 0.2) is 0 Å². The van der Waals surface area contributed by atoms with E-state index in [0.29, 0.717) is 20.5 Å². The highest BCUT2D eigenvalue weighted by atomic mass is 35.5. The van der Waals surface area contributed by atoms with Gasteiger partial charge in [-0.2, -0.15) is 4.36 Å². The number of halogens is 2. The number of aryl methyl sites for hydroxylation is 1. The molecule has 0 fully saturated rings. The lowest BCUT2D eigenvalue weighted by atomic mass is 10.1. The average Bonchev–Trinajstić information content (AvgIpc) is 2.96. The summed E-state index contributed by atoms with van der Waals surface area (Å²) < 4.78 is 22.0. The van der Waals surface area contributed by atoms with Crippen molar-refractivity contribution < 1.29 is 13.5 Å². The first kappa shape index (κ1) is 18.6. The molecule has 0 aliphatic rings. The lowest BCUT2D eigenvalue weighted by Gasteiger charge is -2.06. The minimum absolute atomic E-state index is 0.0884. The lowest BCUT2D eigenvalue weighted by Crippen LogP contribution is -2.05. The Bertz CT molecular complexity index is 1080. The maximum absolute atomic E-state index is 12.9. The van der Waals surface area contributed by atoms with Crippen molar-refractivity contribution in [2.75, 3.05) is 6.26 Å². The molecule has 0 unspecified atom stereocenters. The van der Waals surface area contributed by atoms with Crippen molar-refractivity contribution in [1.29, 1.82) is 0 Å². The van der Waals surface area contributed by atoms with Crippen LogP contribution in [0.5, 0.6) is 0 Å². The topological polar surface area (TPSA) is 72.5 Å². The van der Waals surface area contributed by atoms with E-state index in [2.05, 4.69) is 9.52 Å². The first-order valence-corrected chi connectivity index (χ1v) is 10.2. The van der Waals surface area contributed by atoms with E-state index in [1.165, 1.54) is 6.26 Å². The fraction of sp³-hybridized carbons (Fsp3) is 0.111. The van der Waals surface area contributed by atoms with E-state index in [-0.39, 0.29) is 17.0 Å². The lowest BCUT2D eigenvalue weighted by molar-refractivity contribution is 0.100. The Kier molecular flexibility index (Phi) is 5.18. The molecule has 134 valence electrons. The Hall–Kier alpha value is -2.15. The van der Waals surface area contributed by atoms with Crippen molar-refractivity contribution in [3.05, 3.63) is 69.9 Å². The molecule has 0 aliphatic heterocycles. The molecule has 0 saturated heterocycles. The van der Waals surface area contributed by atoms with Crippen LogP contribution in [0.2, 0.25) is 10.0 Å². The van der Waals surface area contributed by atoms with Crippen molar-refractivity contribution in [3.63, 3.8) is 0 Å². The third kappa shape index (κ3) is 3.53. The van der Waals surface area contributed by atoms with Gasteiger partial charge in [0, 0.05) is 16.7 Å². The van der Waals surface area contributed by atoms with E-state index < -0.39 is 15.6 Å². The van der Waals surface area contributed by atoms with Gasteiger partial charge in [-0.1, -0.05) is 52.6 Å². The summed E-state index contributed by atoms with van der Waals surface area (Å²) in [5.41, 5.74) is 0.633. The third-order valence-corrected chi connectivity index (χ3v) is 6.00. The predicted molar refractivity (Wildman–Crippen MR) is 102 cm³/mol. The predicted octanol–water partition coefficient (Wildman–Crippen LogP) is 5.25. The molecule has 0 radical (unpaired) electrons. The molecule has 1 amide bonds. The van der Waals surface area contributed by atoms with E-state index in [1.807, 2.05) is 0 Å². The highest BCUT2D eigenvalue weighted by Crippen LogP contribution is 2.37. The summed E-state index contributed by atoms with van der Waals surface area (Å²) in [6.07, 6.45) is 1.41. The Labute approximate surface area is 161 Å². The number of benzene rings is 2. The molecule has 0 bridgehead atoms. The molecule has 2 aromatic carbocycles. The van der Waals surface area contributed by atoms with Crippen LogP contribution in [-0.2, 0) is 9.73 Å². The second-order valence-electron chi connectivity index (χ2n) is 5.57. The summed E-state index contributed by atoms with van der Waals surface area (Å²) in [4.78, 5) is 13.3. The normalized spacial score (nSPS) is 13.2. The van der Waals surface area contributed by atoms with Crippen LogP contribution in [0.25, 0.3) is 11.3 Å². The average molecular weight is 409 g/mol. The van der Waals surface area contributed by atoms with Gasteiger partial charge in [0.05, 0.1) is 19.8 Å². The summed E-state index contributed by atoms with van der Waals surface area (Å²) >= 11 is 12.4. The van der Waals surface area contributed by atoms with Crippen molar-refractivity contribution in [2.24, 2.45) is 4.36 Å². The Morgan fingerprint density at radius 3 is 2.31 bits per heavy atom. The van der Waals surface area contributed by atoms with Crippen LogP contribution >= 0.6 is 23.2 Å². The quantitative estimate of drug-likeness (QED) is 0.592. The minimum atomic E-state index is -2.93. The molecule has 0 saturated carbocycles. The van der Waals surface area contributed by atoms with Gasteiger partial charge in [-0.25, -0.2) is 4.21 Å². The summed E-state index contributed by atoms with van der Waals surface area (Å²) in [5, 5.41) is 4.55. The van der Waals surface area contributed by atoms with Gasteiger partial charge in [0.2, 0.25) is 0 Å². The second-order valence-corrected chi connectivity index (χ2v) is 8.64. The Balaban J connectivity index is 2.15. The first-order valence-electron chi connectivity index (χ1n) is 7.53. The smallest absolute Gasteiger partial charge is 0.291 e. The first-order chi connectivity index (χ1) is 12.3. The number of carbonyl (C=O) groups is 1. The molecule has 26 heavy (non-hydrogen) atoms. The number of rotatable bonds is 3. The summed E-state index contributed by atoms with van der Waals surface area (Å²) in [5.74, 6) is -0.459. The third-order valence-electron chi connectivity index (χ3n) is 3.71. The molecule has 5 nitrogen and oxygen atoms in total. The van der Waals surface area contributed by atoms with Crippen molar-refractivity contribution in [1.82, 2.24) is 5.16 Å². The molecule has 1 aromatic heterocycles. The van der Waals surface area contributed by atoms with Crippen molar-refractivity contribution in [2.45, 2.75) is 11.8 Å².